The summed E-state index contributed by atoms with van der Waals surface area (Å²) in [5.41, 5.74) is 2.77. The summed E-state index contributed by atoms with van der Waals surface area (Å²) in [6.45, 7) is -0.274. The van der Waals surface area contributed by atoms with Crippen LogP contribution in [0.15, 0.2) is 18.2 Å². The smallest absolute Gasteiger partial charge is 0.326 e. The fraction of sp³-hybridized carbons (Fsp3) is 0.467. The summed E-state index contributed by atoms with van der Waals surface area (Å²) in [5, 5.41) is 20.3. The van der Waals surface area contributed by atoms with Gasteiger partial charge in [-0.2, -0.15) is 0 Å². The highest BCUT2D eigenvalue weighted by Crippen LogP contribution is 2.24. The van der Waals surface area contributed by atoms with Crippen LogP contribution in [-0.2, 0) is 17.6 Å². The number of carbonyl (C=O) groups is 2. The molecule has 1 aromatic rings. The molecule has 0 saturated heterocycles. The summed E-state index contributed by atoms with van der Waals surface area (Å²) in [7, 11) is 0. The molecule has 3 N–H and O–H groups in total. The SMILES string of the molecule is O=C(N[C@@H](CCO)C(=O)O)c1cccc2c1CCCC2. The van der Waals surface area contributed by atoms with Crippen LogP contribution < -0.4 is 5.32 Å². The minimum Gasteiger partial charge on any atom is -0.480 e. The summed E-state index contributed by atoms with van der Waals surface area (Å²) in [5.74, 6) is -1.50. The van der Waals surface area contributed by atoms with Gasteiger partial charge in [-0.05, 0) is 42.9 Å². The fourth-order valence-corrected chi connectivity index (χ4v) is 2.62. The number of aryl methyl sites for hydroxylation is 1. The molecule has 108 valence electrons. The Morgan fingerprint density at radius 3 is 2.70 bits per heavy atom. The van der Waals surface area contributed by atoms with Gasteiger partial charge in [0.1, 0.15) is 6.04 Å². The standard InChI is InChI=1S/C15H19NO4/c17-9-8-13(15(19)20)16-14(18)12-7-3-5-10-4-1-2-6-11(10)12/h3,5,7,13,17H,1-2,4,6,8-9H2,(H,16,18)(H,19,20)/t13-/m0/s1. The molecule has 0 aromatic heterocycles. The van der Waals surface area contributed by atoms with Crippen molar-refractivity contribution in [3.8, 4) is 0 Å². The van der Waals surface area contributed by atoms with Crippen molar-refractivity contribution in [1.82, 2.24) is 5.32 Å². The zero-order valence-corrected chi connectivity index (χ0v) is 11.3. The Kier molecular flexibility index (Phi) is 4.74. The molecule has 0 bridgehead atoms. The Hall–Kier alpha value is -1.88. The molecule has 5 nitrogen and oxygen atoms in total. The molecule has 0 unspecified atom stereocenters. The van der Waals surface area contributed by atoms with Crippen LogP contribution in [-0.4, -0.2) is 34.7 Å². The van der Waals surface area contributed by atoms with E-state index in [0.29, 0.717) is 5.56 Å². The van der Waals surface area contributed by atoms with Gasteiger partial charge < -0.3 is 15.5 Å². The second-order valence-electron chi connectivity index (χ2n) is 5.03. The van der Waals surface area contributed by atoms with Crippen molar-refractivity contribution in [3.05, 3.63) is 34.9 Å². The maximum Gasteiger partial charge on any atom is 0.326 e. The first-order chi connectivity index (χ1) is 9.63. The van der Waals surface area contributed by atoms with Gasteiger partial charge in [0.25, 0.3) is 5.91 Å². The first-order valence-corrected chi connectivity index (χ1v) is 6.88. The number of fused-ring (bicyclic) bond motifs is 1. The number of carbonyl (C=O) groups excluding carboxylic acids is 1. The van der Waals surface area contributed by atoms with E-state index < -0.39 is 12.0 Å². The Labute approximate surface area is 117 Å². The minimum atomic E-state index is -1.13. The van der Waals surface area contributed by atoms with E-state index in [1.807, 2.05) is 12.1 Å². The molecular weight excluding hydrogens is 258 g/mol. The van der Waals surface area contributed by atoms with E-state index >= 15 is 0 Å². The number of hydrogen-bond acceptors (Lipinski definition) is 3. The van der Waals surface area contributed by atoms with Crippen molar-refractivity contribution in [2.24, 2.45) is 0 Å². The predicted octanol–water partition coefficient (Wildman–Crippen LogP) is 1.13. The van der Waals surface area contributed by atoms with E-state index in [4.69, 9.17) is 10.2 Å². The lowest BCUT2D eigenvalue weighted by Crippen LogP contribution is -2.41. The number of aliphatic carboxylic acids is 1. The molecule has 5 heteroatoms. The first kappa shape index (κ1) is 14.5. The van der Waals surface area contributed by atoms with Crippen molar-refractivity contribution in [3.63, 3.8) is 0 Å². The number of aliphatic hydroxyl groups excluding tert-OH is 1. The van der Waals surface area contributed by atoms with Crippen molar-refractivity contribution in [1.29, 1.82) is 0 Å². The van der Waals surface area contributed by atoms with Crippen LogP contribution in [0.25, 0.3) is 0 Å². The molecule has 0 fully saturated rings. The summed E-state index contributed by atoms with van der Waals surface area (Å²) >= 11 is 0. The van der Waals surface area contributed by atoms with Crippen LogP contribution in [0, 0.1) is 0 Å². The number of carboxylic acid groups (broad SMARTS) is 1. The highest BCUT2D eigenvalue weighted by molar-refractivity contribution is 5.98. The Morgan fingerprint density at radius 1 is 1.25 bits per heavy atom. The van der Waals surface area contributed by atoms with Gasteiger partial charge in [0.05, 0.1) is 0 Å². The van der Waals surface area contributed by atoms with E-state index in [-0.39, 0.29) is 18.9 Å². The molecule has 1 amide bonds. The normalized spacial score (nSPS) is 15.2. The van der Waals surface area contributed by atoms with Crippen molar-refractivity contribution in [2.45, 2.75) is 38.1 Å². The number of aliphatic hydroxyl groups is 1. The molecule has 0 spiro atoms. The maximum absolute atomic E-state index is 12.3. The van der Waals surface area contributed by atoms with E-state index in [0.717, 1.165) is 31.2 Å². The number of amides is 1. The van der Waals surface area contributed by atoms with Gasteiger partial charge >= 0.3 is 5.97 Å². The first-order valence-electron chi connectivity index (χ1n) is 6.88. The zero-order valence-electron chi connectivity index (χ0n) is 11.3. The average molecular weight is 277 g/mol. The average Bonchev–Trinajstić information content (AvgIpc) is 2.46. The van der Waals surface area contributed by atoms with Crippen molar-refractivity contribution < 1.29 is 19.8 Å². The van der Waals surface area contributed by atoms with Crippen molar-refractivity contribution >= 4 is 11.9 Å². The van der Waals surface area contributed by atoms with Gasteiger partial charge in [-0.1, -0.05) is 12.1 Å². The van der Waals surface area contributed by atoms with Gasteiger partial charge in [-0.25, -0.2) is 4.79 Å². The molecule has 1 atom stereocenters. The summed E-state index contributed by atoms with van der Waals surface area (Å²) in [6.07, 6.45) is 4.01. The molecule has 0 heterocycles. The minimum absolute atomic E-state index is 0.0100. The quantitative estimate of drug-likeness (QED) is 0.753. The third-order valence-corrected chi connectivity index (χ3v) is 3.66. The Bertz CT molecular complexity index is 513. The van der Waals surface area contributed by atoms with E-state index in [1.54, 1.807) is 6.07 Å². The zero-order chi connectivity index (χ0) is 14.5. The molecule has 1 aliphatic carbocycles. The van der Waals surface area contributed by atoms with Crippen LogP contribution in [0.5, 0.6) is 0 Å². The molecule has 0 aliphatic heterocycles. The third-order valence-electron chi connectivity index (χ3n) is 3.66. The molecule has 0 saturated carbocycles. The van der Waals surface area contributed by atoms with Gasteiger partial charge in [-0.15, -0.1) is 0 Å². The lowest BCUT2D eigenvalue weighted by atomic mass is 9.88. The van der Waals surface area contributed by atoms with Crippen molar-refractivity contribution in [2.75, 3.05) is 6.61 Å². The number of rotatable bonds is 5. The second kappa shape index (κ2) is 6.52. The summed E-state index contributed by atoms with van der Waals surface area (Å²) in [6, 6.07) is 4.54. The van der Waals surface area contributed by atoms with Crippen LogP contribution in [0.3, 0.4) is 0 Å². The molecule has 0 radical (unpaired) electrons. The van der Waals surface area contributed by atoms with Crippen LogP contribution >= 0.6 is 0 Å². The third kappa shape index (κ3) is 3.17. The number of hydrogen-bond donors (Lipinski definition) is 3. The van der Waals surface area contributed by atoms with Gasteiger partial charge in [0.15, 0.2) is 0 Å². The fourth-order valence-electron chi connectivity index (χ4n) is 2.62. The molecular formula is C15H19NO4. The lowest BCUT2D eigenvalue weighted by molar-refractivity contribution is -0.139. The molecule has 1 aromatic carbocycles. The lowest BCUT2D eigenvalue weighted by Gasteiger charge is -2.20. The van der Waals surface area contributed by atoms with Crippen LogP contribution in [0.2, 0.25) is 0 Å². The highest BCUT2D eigenvalue weighted by Gasteiger charge is 2.23. The largest absolute Gasteiger partial charge is 0.480 e. The van der Waals surface area contributed by atoms with E-state index in [9.17, 15) is 9.59 Å². The monoisotopic (exact) mass is 277 g/mol. The van der Waals surface area contributed by atoms with E-state index in [1.165, 1.54) is 5.56 Å². The second-order valence-corrected chi connectivity index (χ2v) is 5.03. The molecule has 20 heavy (non-hydrogen) atoms. The van der Waals surface area contributed by atoms with E-state index in [2.05, 4.69) is 5.32 Å². The van der Waals surface area contributed by atoms with Gasteiger partial charge in [0.2, 0.25) is 0 Å². The number of benzene rings is 1. The Morgan fingerprint density at radius 2 is 2.00 bits per heavy atom. The highest BCUT2D eigenvalue weighted by atomic mass is 16.4. The van der Waals surface area contributed by atoms with Gasteiger partial charge in [0, 0.05) is 18.6 Å². The van der Waals surface area contributed by atoms with Crippen LogP contribution in [0.1, 0.15) is 40.7 Å². The summed E-state index contributed by atoms with van der Waals surface area (Å²) < 4.78 is 0. The topological polar surface area (TPSA) is 86.6 Å². The van der Waals surface area contributed by atoms with Crippen LogP contribution in [0.4, 0.5) is 0 Å². The maximum atomic E-state index is 12.3. The molecule has 2 rings (SSSR count). The predicted molar refractivity (Wildman–Crippen MR) is 73.7 cm³/mol. The molecule has 1 aliphatic rings. The van der Waals surface area contributed by atoms with Gasteiger partial charge in [-0.3, -0.25) is 4.79 Å². The Balaban J connectivity index is 2.19. The number of carboxylic acids is 1. The number of nitrogens with one attached hydrogen (secondary N) is 1. The summed E-state index contributed by atoms with van der Waals surface area (Å²) in [4.78, 5) is 23.3.